The Morgan fingerprint density at radius 3 is 2.33 bits per heavy atom. The molecule has 0 saturated carbocycles. The van der Waals surface area contributed by atoms with Gasteiger partial charge in [-0.2, -0.15) is 0 Å². The molecule has 0 heterocycles. The van der Waals surface area contributed by atoms with Crippen LogP contribution in [0.2, 0.25) is 0 Å². The number of fused-ring (bicyclic) bond motifs is 5. The Labute approximate surface area is 153 Å². The molecule has 0 aromatic heterocycles. The van der Waals surface area contributed by atoms with Gasteiger partial charge in [-0.25, -0.2) is 0 Å². The van der Waals surface area contributed by atoms with Crippen LogP contribution in [-0.2, 0) is 11.8 Å². The Morgan fingerprint density at radius 1 is 0.917 bits per heavy atom. The van der Waals surface area contributed by atoms with Gasteiger partial charge in [0.25, 0.3) is 0 Å². The second-order valence-electron chi connectivity index (χ2n) is 7.92. The van der Waals surface area contributed by atoms with Gasteiger partial charge in [-0.3, -0.25) is 0 Å². The average Bonchev–Trinajstić information content (AvgIpc) is 2.75. The SMILES string of the molecule is CC(C)Cc1cc2c(c3ccccc13)-c1ccc(Br)cc1C2(C)C. The second-order valence-corrected chi connectivity index (χ2v) is 8.83. The maximum absolute atomic E-state index is 3.66. The molecule has 0 amide bonds. The zero-order valence-electron chi connectivity index (χ0n) is 14.8. The summed E-state index contributed by atoms with van der Waals surface area (Å²) < 4.78 is 1.16. The van der Waals surface area contributed by atoms with Crippen LogP contribution in [0.25, 0.3) is 21.9 Å². The van der Waals surface area contributed by atoms with Crippen LogP contribution < -0.4 is 0 Å². The second kappa shape index (κ2) is 5.46. The summed E-state index contributed by atoms with van der Waals surface area (Å²) in [7, 11) is 0. The van der Waals surface area contributed by atoms with Crippen molar-refractivity contribution in [3.05, 3.63) is 69.7 Å². The van der Waals surface area contributed by atoms with Crippen LogP contribution in [0.15, 0.2) is 53.0 Å². The molecule has 0 unspecified atom stereocenters. The predicted octanol–water partition coefficient (Wildman–Crippen LogP) is 7.11. The van der Waals surface area contributed by atoms with E-state index in [-0.39, 0.29) is 5.41 Å². The Balaban J connectivity index is 2.11. The minimum absolute atomic E-state index is 0.0458. The van der Waals surface area contributed by atoms with Gasteiger partial charge >= 0.3 is 0 Å². The summed E-state index contributed by atoms with van der Waals surface area (Å²) in [6.07, 6.45) is 1.13. The summed E-state index contributed by atoms with van der Waals surface area (Å²) in [5.74, 6) is 0.660. The zero-order valence-corrected chi connectivity index (χ0v) is 16.4. The molecule has 0 saturated heterocycles. The van der Waals surface area contributed by atoms with Gasteiger partial charge in [0.1, 0.15) is 0 Å². The summed E-state index contributed by atoms with van der Waals surface area (Å²) in [6.45, 7) is 9.33. The first-order valence-electron chi connectivity index (χ1n) is 8.75. The van der Waals surface area contributed by atoms with Gasteiger partial charge in [0.05, 0.1) is 0 Å². The van der Waals surface area contributed by atoms with Crippen LogP contribution >= 0.6 is 15.9 Å². The van der Waals surface area contributed by atoms with Crippen molar-refractivity contribution in [2.45, 2.75) is 39.5 Å². The van der Waals surface area contributed by atoms with Crippen molar-refractivity contribution in [3.63, 3.8) is 0 Å². The first-order valence-corrected chi connectivity index (χ1v) is 9.54. The molecule has 1 aliphatic rings. The van der Waals surface area contributed by atoms with Gasteiger partial charge < -0.3 is 0 Å². The summed E-state index contributed by atoms with van der Waals surface area (Å²) in [5, 5.41) is 2.82. The van der Waals surface area contributed by atoms with Crippen molar-refractivity contribution < 1.29 is 0 Å². The van der Waals surface area contributed by atoms with Crippen molar-refractivity contribution in [2.75, 3.05) is 0 Å². The topological polar surface area (TPSA) is 0 Å². The molecule has 0 radical (unpaired) electrons. The van der Waals surface area contributed by atoms with Crippen molar-refractivity contribution in [3.8, 4) is 11.1 Å². The van der Waals surface area contributed by atoms with E-state index >= 15 is 0 Å². The van der Waals surface area contributed by atoms with E-state index in [4.69, 9.17) is 0 Å². The van der Waals surface area contributed by atoms with Crippen LogP contribution in [-0.4, -0.2) is 0 Å². The Hall–Kier alpha value is -1.60. The molecule has 0 aliphatic heterocycles. The molecular weight excluding hydrogens is 356 g/mol. The highest BCUT2D eigenvalue weighted by molar-refractivity contribution is 9.10. The molecule has 24 heavy (non-hydrogen) atoms. The van der Waals surface area contributed by atoms with E-state index in [0.29, 0.717) is 5.92 Å². The lowest BCUT2D eigenvalue weighted by Crippen LogP contribution is -2.15. The quantitative estimate of drug-likeness (QED) is 0.445. The van der Waals surface area contributed by atoms with Crippen LogP contribution in [0.4, 0.5) is 0 Å². The molecule has 4 rings (SSSR count). The monoisotopic (exact) mass is 378 g/mol. The summed E-state index contributed by atoms with van der Waals surface area (Å²) >= 11 is 3.66. The fraction of sp³-hybridized carbons (Fsp3) is 0.304. The Bertz CT molecular complexity index is 948. The lowest BCUT2D eigenvalue weighted by Gasteiger charge is -2.23. The predicted molar refractivity (Wildman–Crippen MR) is 108 cm³/mol. The van der Waals surface area contributed by atoms with E-state index in [1.807, 2.05) is 0 Å². The Kier molecular flexibility index (Phi) is 3.61. The van der Waals surface area contributed by atoms with E-state index in [0.717, 1.165) is 10.9 Å². The summed E-state index contributed by atoms with van der Waals surface area (Å²) in [5.41, 5.74) is 7.27. The molecule has 122 valence electrons. The summed E-state index contributed by atoms with van der Waals surface area (Å²) in [6, 6.07) is 18.1. The van der Waals surface area contributed by atoms with Gasteiger partial charge in [0.2, 0.25) is 0 Å². The molecule has 0 N–H and O–H groups in total. The van der Waals surface area contributed by atoms with E-state index in [2.05, 4.69) is 92.2 Å². The number of halogens is 1. The summed E-state index contributed by atoms with van der Waals surface area (Å²) in [4.78, 5) is 0. The van der Waals surface area contributed by atoms with Crippen molar-refractivity contribution in [1.82, 2.24) is 0 Å². The van der Waals surface area contributed by atoms with E-state index in [9.17, 15) is 0 Å². The maximum Gasteiger partial charge on any atom is 0.0178 e. The van der Waals surface area contributed by atoms with Gasteiger partial charge in [0.15, 0.2) is 0 Å². The highest BCUT2D eigenvalue weighted by Crippen LogP contribution is 2.52. The van der Waals surface area contributed by atoms with E-state index in [1.165, 1.54) is 38.6 Å². The lowest BCUT2D eigenvalue weighted by atomic mass is 9.80. The third-order valence-electron chi connectivity index (χ3n) is 5.36. The molecule has 3 aromatic rings. The highest BCUT2D eigenvalue weighted by atomic mass is 79.9. The number of hydrogen-bond donors (Lipinski definition) is 0. The minimum Gasteiger partial charge on any atom is -0.0625 e. The Morgan fingerprint density at radius 2 is 1.62 bits per heavy atom. The highest BCUT2D eigenvalue weighted by Gasteiger charge is 2.37. The van der Waals surface area contributed by atoms with Crippen molar-refractivity contribution in [1.29, 1.82) is 0 Å². The third-order valence-corrected chi connectivity index (χ3v) is 5.85. The van der Waals surface area contributed by atoms with E-state index < -0.39 is 0 Å². The number of rotatable bonds is 2. The molecule has 0 atom stereocenters. The zero-order chi connectivity index (χ0) is 17.1. The van der Waals surface area contributed by atoms with Gasteiger partial charge in [-0.15, -0.1) is 0 Å². The van der Waals surface area contributed by atoms with Crippen LogP contribution in [0.5, 0.6) is 0 Å². The molecule has 0 fully saturated rings. The molecule has 1 aliphatic carbocycles. The maximum atomic E-state index is 3.66. The minimum atomic E-state index is 0.0458. The lowest BCUT2D eigenvalue weighted by molar-refractivity contribution is 0.639. The number of benzene rings is 3. The normalized spacial score (nSPS) is 14.9. The molecule has 0 bridgehead atoms. The first-order chi connectivity index (χ1) is 11.4. The standard InChI is InChI=1S/C23H23Br/c1-14(2)11-15-12-21-22(18-8-6-5-7-17(15)18)19-10-9-16(24)13-20(19)23(21,3)4/h5-10,12-14H,11H2,1-4H3. The molecular formula is C23H23Br. The molecule has 0 nitrogen and oxygen atoms in total. The van der Waals surface area contributed by atoms with Crippen molar-refractivity contribution >= 4 is 26.7 Å². The number of hydrogen-bond acceptors (Lipinski definition) is 0. The largest absolute Gasteiger partial charge is 0.0625 e. The van der Waals surface area contributed by atoms with Gasteiger partial charge in [-0.1, -0.05) is 80.0 Å². The van der Waals surface area contributed by atoms with E-state index in [1.54, 1.807) is 0 Å². The third kappa shape index (κ3) is 2.25. The van der Waals surface area contributed by atoms with Crippen LogP contribution in [0.3, 0.4) is 0 Å². The molecule has 0 spiro atoms. The smallest absolute Gasteiger partial charge is 0.0178 e. The van der Waals surface area contributed by atoms with Gasteiger partial charge in [0, 0.05) is 9.89 Å². The fourth-order valence-corrected chi connectivity index (χ4v) is 4.60. The first kappa shape index (κ1) is 15.9. The van der Waals surface area contributed by atoms with Crippen LogP contribution in [0.1, 0.15) is 44.4 Å². The van der Waals surface area contributed by atoms with Crippen molar-refractivity contribution in [2.24, 2.45) is 5.92 Å². The van der Waals surface area contributed by atoms with Crippen LogP contribution in [0, 0.1) is 5.92 Å². The fourth-order valence-electron chi connectivity index (χ4n) is 4.24. The average molecular weight is 379 g/mol. The molecule has 1 heteroatoms. The molecule has 3 aromatic carbocycles. The van der Waals surface area contributed by atoms with Gasteiger partial charge in [-0.05, 0) is 63.1 Å².